The summed E-state index contributed by atoms with van der Waals surface area (Å²) < 4.78 is 9.46. The van der Waals surface area contributed by atoms with E-state index in [1.165, 1.54) is 12.8 Å². The maximum Gasteiger partial charge on any atom is 0.312 e. The molecule has 176 valence electrons. The van der Waals surface area contributed by atoms with Gasteiger partial charge in [-0.05, 0) is 63.0 Å². The highest BCUT2D eigenvalue weighted by atomic mass is 16.5. The van der Waals surface area contributed by atoms with Gasteiger partial charge in [-0.3, -0.25) is 4.79 Å². The molecule has 2 aliphatic rings. The number of carboxylic acids is 1. The predicted octanol–water partition coefficient (Wildman–Crippen LogP) is 3.04. The molecule has 5 rings (SSSR count). The van der Waals surface area contributed by atoms with Gasteiger partial charge >= 0.3 is 11.8 Å². The minimum absolute atomic E-state index is 0.124. The maximum atomic E-state index is 11.4. The Kier molecular flexibility index (Phi) is 5.96. The number of ether oxygens (including phenoxy) is 1. The number of hydrogen-bond acceptors (Lipinski definition) is 7. The van der Waals surface area contributed by atoms with E-state index in [-0.39, 0.29) is 11.9 Å². The highest BCUT2D eigenvalue weighted by molar-refractivity contribution is 5.70. The van der Waals surface area contributed by atoms with Crippen LogP contribution in [0.1, 0.15) is 49.9 Å². The summed E-state index contributed by atoms with van der Waals surface area (Å²) in [4.78, 5) is 19.4. The Bertz CT molecular complexity index is 1240. The highest BCUT2D eigenvalue weighted by Gasteiger charge is 2.29. The van der Waals surface area contributed by atoms with Crippen LogP contribution in [0.25, 0.3) is 16.2 Å². The molecule has 3 aromatic rings. The third kappa shape index (κ3) is 4.76. The number of nitrogens with zero attached hydrogens (tertiary/aromatic N) is 8. The molecule has 0 bridgehead atoms. The molecular formula is C23H26N8O3. The van der Waals surface area contributed by atoms with Crippen LogP contribution in [-0.2, 0) is 24.8 Å². The van der Waals surface area contributed by atoms with Crippen molar-refractivity contribution in [1.82, 2.24) is 35.0 Å². The second-order valence-electron chi connectivity index (χ2n) is 9.13. The van der Waals surface area contributed by atoms with Gasteiger partial charge in [0.05, 0.1) is 30.0 Å². The van der Waals surface area contributed by atoms with Crippen LogP contribution in [-0.4, -0.2) is 52.2 Å². The van der Waals surface area contributed by atoms with Crippen molar-refractivity contribution < 1.29 is 14.6 Å². The fraction of sp³-hybridized carbons (Fsp3) is 0.522. The van der Waals surface area contributed by atoms with Gasteiger partial charge in [0, 0.05) is 13.2 Å². The SMILES string of the molecule is [C-]#[N+]c1nc(-c2nnn(C)c2Cn2cc(CC3CC3)nn2)ccc1O[C@H]1CCC[C@H](C(=O)O)C1. The Morgan fingerprint density at radius 2 is 2.09 bits per heavy atom. The molecule has 11 heteroatoms. The van der Waals surface area contributed by atoms with Crippen LogP contribution < -0.4 is 4.74 Å². The lowest BCUT2D eigenvalue weighted by Crippen LogP contribution is -2.29. The summed E-state index contributed by atoms with van der Waals surface area (Å²) in [7, 11) is 1.81. The van der Waals surface area contributed by atoms with Gasteiger partial charge < -0.3 is 14.7 Å². The monoisotopic (exact) mass is 462 g/mol. The number of aromatic nitrogens is 7. The normalized spacial score (nSPS) is 20.1. The van der Waals surface area contributed by atoms with Crippen molar-refractivity contribution in [2.24, 2.45) is 18.9 Å². The Balaban J connectivity index is 1.34. The van der Waals surface area contributed by atoms with Crippen molar-refractivity contribution in [3.8, 4) is 17.1 Å². The fourth-order valence-electron chi connectivity index (χ4n) is 4.43. The molecule has 2 fully saturated rings. The largest absolute Gasteiger partial charge is 0.500 e. The third-order valence-corrected chi connectivity index (χ3v) is 6.49. The van der Waals surface area contributed by atoms with Crippen LogP contribution in [0.2, 0.25) is 0 Å². The topological polar surface area (TPSA) is 125 Å². The Morgan fingerprint density at radius 1 is 1.24 bits per heavy atom. The minimum Gasteiger partial charge on any atom is -0.500 e. The van der Waals surface area contributed by atoms with Crippen molar-refractivity contribution >= 4 is 11.8 Å². The maximum absolute atomic E-state index is 11.4. The lowest BCUT2D eigenvalue weighted by atomic mass is 9.87. The van der Waals surface area contributed by atoms with Crippen molar-refractivity contribution in [2.75, 3.05) is 0 Å². The van der Waals surface area contributed by atoms with E-state index in [1.54, 1.807) is 21.5 Å². The van der Waals surface area contributed by atoms with Gasteiger partial charge in [-0.25, -0.2) is 9.36 Å². The first kappa shape index (κ1) is 22.0. The van der Waals surface area contributed by atoms with Crippen molar-refractivity contribution in [1.29, 1.82) is 0 Å². The third-order valence-electron chi connectivity index (χ3n) is 6.49. The van der Waals surface area contributed by atoms with Crippen LogP contribution in [0, 0.1) is 18.4 Å². The summed E-state index contributed by atoms with van der Waals surface area (Å²) in [5.41, 5.74) is 2.88. The molecule has 2 aliphatic carbocycles. The molecule has 0 spiro atoms. The van der Waals surface area contributed by atoms with E-state index in [2.05, 4.69) is 30.5 Å². The van der Waals surface area contributed by atoms with Gasteiger partial charge in [-0.1, -0.05) is 17.0 Å². The van der Waals surface area contributed by atoms with Crippen LogP contribution in [0.3, 0.4) is 0 Å². The van der Waals surface area contributed by atoms with Crippen molar-refractivity contribution in [3.05, 3.63) is 41.1 Å². The van der Waals surface area contributed by atoms with Gasteiger partial charge in [-0.15, -0.1) is 15.2 Å². The number of hydrogen-bond donors (Lipinski definition) is 1. The van der Waals surface area contributed by atoms with Crippen LogP contribution in [0.15, 0.2) is 18.3 Å². The molecule has 34 heavy (non-hydrogen) atoms. The van der Waals surface area contributed by atoms with Gasteiger partial charge in [0.15, 0.2) is 11.4 Å². The highest BCUT2D eigenvalue weighted by Crippen LogP contribution is 2.34. The molecule has 2 saturated carbocycles. The number of pyridine rings is 1. The zero-order valence-corrected chi connectivity index (χ0v) is 19.0. The molecule has 2 atom stereocenters. The summed E-state index contributed by atoms with van der Waals surface area (Å²) in [5, 5.41) is 26.3. The molecule has 0 aliphatic heterocycles. The first-order valence-corrected chi connectivity index (χ1v) is 11.6. The van der Waals surface area contributed by atoms with Crippen molar-refractivity contribution in [3.63, 3.8) is 0 Å². The molecule has 1 N–H and O–H groups in total. The fourth-order valence-corrected chi connectivity index (χ4v) is 4.43. The number of aliphatic carboxylic acids is 1. The molecule has 0 radical (unpaired) electrons. The van der Waals surface area contributed by atoms with E-state index >= 15 is 0 Å². The smallest absolute Gasteiger partial charge is 0.312 e. The molecule has 0 aromatic carbocycles. The van der Waals surface area contributed by atoms with E-state index in [9.17, 15) is 9.90 Å². The minimum atomic E-state index is -0.797. The van der Waals surface area contributed by atoms with Gasteiger partial charge in [-0.2, -0.15) is 0 Å². The summed E-state index contributed by atoms with van der Waals surface area (Å²) in [6.07, 6.45) is 7.84. The Morgan fingerprint density at radius 3 is 2.85 bits per heavy atom. The Labute approximate surface area is 196 Å². The molecule has 0 amide bonds. The van der Waals surface area contributed by atoms with Gasteiger partial charge in [0.25, 0.3) is 0 Å². The molecule has 0 saturated heterocycles. The number of rotatable bonds is 8. The summed E-state index contributed by atoms with van der Waals surface area (Å²) in [6, 6.07) is 3.47. The average Bonchev–Trinajstić information content (AvgIpc) is 3.43. The second-order valence-corrected chi connectivity index (χ2v) is 9.13. The van der Waals surface area contributed by atoms with Crippen LogP contribution in [0.5, 0.6) is 5.75 Å². The van der Waals surface area contributed by atoms with E-state index in [1.807, 2.05) is 13.2 Å². The summed E-state index contributed by atoms with van der Waals surface area (Å²) in [5.74, 6) is 0.0143. The average molecular weight is 463 g/mol. The van der Waals surface area contributed by atoms with Gasteiger partial charge in [0.2, 0.25) is 0 Å². The first-order valence-electron chi connectivity index (χ1n) is 11.6. The molecule has 0 unspecified atom stereocenters. The number of carbonyl (C=O) groups is 1. The molecule has 11 nitrogen and oxygen atoms in total. The predicted molar refractivity (Wildman–Crippen MR) is 120 cm³/mol. The van der Waals surface area contributed by atoms with Gasteiger partial charge in [0.1, 0.15) is 5.75 Å². The molecule has 3 heterocycles. The quantitative estimate of drug-likeness (QED) is 0.507. The lowest BCUT2D eigenvalue weighted by molar-refractivity contribution is -0.143. The van der Waals surface area contributed by atoms with E-state index in [0.717, 1.165) is 36.6 Å². The standard InChI is InChI=1S/C23H26N8O3/c1-24-22-20(34-17-5-3-4-15(11-17)23(32)33)9-8-18(25-22)21-19(30(2)28-27-21)13-31-12-16(26-29-31)10-14-6-7-14/h8-9,12,14-15,17H,3-7,10-11,13H2,2H3,(H,32,33)/t15-,17-/m0/s1. The Hall–Kier alpha value is -3.81. The van der Waals surface area contributed by atoms with E-state index < -0.39 is 11.9 Å². The lowest BCUT2D eigenvalue weighted by Gasteiger charge is -2.27. The van der Waals surface area contributed by atoms with E-state index in [4.69, 9.17) is 11.3 Å². The molecule has 3 aromatic heterocycles. The first-order chi connectivity index (χ1) is 16.5. The summed E-state index contributed by atoms with van der Waals surface area (Å²) >= 11 is 0. The zero-order valence-electron chi connectivity index (χ0n) is 19.0. The van der Waals surface area contributed by atoms with Crippen molar-refractivity contribution in [2.45, 2.75) is 57.6 Å². The summed E-state index contributed by atoms with van der Waals surface area (Å²) in [6.45, 7) is 8.03. The second kappa shape index (κ2) is 9.21. The zero-order chi connectivity index (χ0) is 23.7. The van der Waals surface area contributed by atoms with Crippen LogP contribution >= 0.6 is 0 Å². The number of carboxylic acid groups (broad SMARTS) is 1. The van der Waals surface area contributed by atoms with Crippen LogP contribution in [0.4, 0.5) is 5.82 Å². The molecular weight excluding hydrogens is 436 g/mol. The van der Waals surface area contributed by atoms with E-state index in [0.29, 0.717) is 36.5 Å². The number of aryl methyl sites for hydroxylation is 1.